The quantitative estimate of drug-likeness (QED) is 0.619. The van der Waals surface area contributed by atoms with E-state index in [4.69, 9.17) is 0 Å². The number of allylic oxidation sites excluding steroid dienone is 4. The molecule has 0 saturated carbocycles. The van der Waals surface area contributed by atoms with Gasteiger partial charge in [0.1, 0.15) is 0 Å². The summed E-state index contributed by atoms with van der Waals surface area (Å²) >= 11 is -0.858. The molecule has 26 heavy (non-hydrogen) atoms. The first-order valence-corrected chi connectivity index (χ1v) is 11.5. The SMILES string of the molecule is CC1=C(C)C(C)(C)[C]([Zr+2][c]2[nH]cc(C(C)(C)C)c2C(C)(C)C)=C1C.[Cl-].[Cl-]. The molecule has 0 spiro atoms. The molecule has 1 aromatic rings. The number of rotatable bonds is 2. The van der Waals surface area contributed by atoms with Crippen molar-refractivity contribution in [1.82, 2.24) is 4.98 Å². The Balaban J connectivity index is 0.00000312. The van der Waals surface area contributed by atoms with Crippen LogP contribution in [0.5, 0.6) is 0 Å². The van der Waals surface area contributed by atoms with E-state index in [1.54, 1.807) is 23.4 Å². The van der Waals surface area contributed by atoms with E-state index in [1.165, 1.54) is 11.1 Å². The second kappa shape index (κ2) is 8.30. The third-order valence-corrected chi connectivity index (χ3v) is 10.4. The normalized spacial score (nSPS) is 17.0. The summed E-state index contributed by atoms with van der Waals surface area (Å²) < 4.78 is 3.31. The number of aromatic amines is 1. The maximum atomic E-state index is 3.73. The van der Waals surface area contributed by atoms with Crippen LogP contribution in [0.3, 0.4) is 0 Å². The first-order chi connectivity index (χ1) is 10.7. The van der Waals surface area contributed by atoms with Gasteiger partial charge in [0.15, 0.2) is 0 Å². The van der Waals surface area contributed by atoms with E-state index in [2.05, 4.69) is 87.3 Å². The molecule has 0 aromatic carbocycles. The molecule has 1 N–H and O–H groups in total. The monoisotopic (exact) mass is 473 g/mol. The number of aromatic nitrogens is 1. The Hall–Kier alpha value is 0.223. The molecule has 1 nitrogen and oxygen atoms in total. The summed E-state index contributed by atoms with van der Waals surface area (Å²) in [4.78, 5) is 3.73. The Morgan fingerprint density at radius 1 is 0.846 bits per heavy atom. The van der Waals surface area contributed by atoms with Crippen LogP contribution in [0.4, 0.5) is 0 Å². The van der Waals surface area contributed by atoms with Crippen LogP contribution in [-0.2, 0) is 34.1 Å². The molecular weight excluding hydrogens is 440 g/mol. The number of nitrogens with one attached hydrogen (secondary N) is 1. The van der Waals surface area contributed by atoms with Crippen molar-refractivity contribution in [2.45, 2.75) is 87.0 Å². The number of H-pyrrole nitrogens is 1. The maximum absolute atomic E-state index is 3.73. The predicted octanol–water partition coefficient (Wildman–Crippen LogP) is -0.0243. The van der Waals surface area contributed by atoms with Crippen molar-refractivity contribution in [3.63, 3.8) is 0 Å². The molecule has 1 aromatic heterocycles. The van der Waals surface area contributed by atoms with Crippen molar-refractivity contribution < 1.29 is 48.0 Å². The smallest absolute Gasteiger partial charge is 1.00 e. The Bertz CT molecular complexity index is 722. The summed E-state index contributed by atoms with van der Waals surface area (Å²) in [6.45, 7) is 25.9. The van der Waals surface area contributed by atoms with E-state index >= 15 is 0 Å². The molecule has 0 bridgehead atoms. The summed E-state index contributed by atoms with van der Waals surface area (Å²) in [5.41, 5.74) is 8.36. The summed E-state index contributed by atoms with van der Waals surface area (Å²) in [7, 11) is 0. The fourth-order valence-corrected chi connectivity index (χ4v) is 8.54. The zero-order chi connectivity index (χ0) is 18.7. The molecule has 1 heterocycles. The molecular formula is C22H35Cl2NZr. The average molecular weight is 476 g/mol. The van der Waals surface area contributed by atoms with Crippen molar-refractivity contribution >= 4 is 3.40 Å². The Morgan fingerprint density at radius 2 is 1.35 bits per heavy atom. The second-order valence-electron chi connectivity index (χ2n) is 9.95. The van der Waals surface area contributed by atoms with Crippen LogP contribution in [0.25, 0.3) is 0 Å². The standard InChI is InChI=1S/C12H20N.C10H15.2ClH.Zr/c1-11(2,3)9-7-13-8-10(9)12(4,5)6;1-7-6-10(4,5)9(3)8(7)2;;;/h7,13H,1-6H3;1-5H3;2*1H;/q;;;;+2/p-2. The maximum Gasteiger partial charge on any atom is -1.00 e. The molecule has 146 valence electrons. The first kappa shape index (κ1) is 26.2. The van der Waals surface area contributed by atoms with Crippen LogP contribution in [-0.4, -0.2) is 4.98 Å². The second-order valence-corrected chi connectivity index (χ2v) is 13.0. The molecule has 0 atom stereocenters. The van der Waals surface area contributed by atoms with Gasteiger partial charge in [-0.1, -0.05) is 0 Å². The molecule has 0 amide bonds. The van der Waals surface area contributed by atoms with E-state index in [1.807, 2.05) is 0 Å². The van der Waals surface area contributed by atoms with Gasteiger partial charge in [0.2, 0.25) is 0 Å². The molecule has 0 unspecified atom stereocenters. The van der Waals surface area contributed by atoms with Crippen molar-refractivity contribution in [3.05, 3.63) is 37.3 Å². The van der Waals surface area contributed by atoms with E-state index in [0.717, 1.165) is 0 Å². The number of hydrogen-bond donors (Lipinski definition) is 1. The van der Waals surface area contributed by atoms with E-state index in [0.29, 0.717) is 0 Å². The third-order valence-electron chi connectivity index (χ3n) is 5.75. The van der Waals surface area contributed by atoms with Gasteiger partial charge >= 0.3 is 161 Å². The van der Waals surface area contributed by atoms with Gasteiger partial charge in [-0.2, -0.15) is 0 Å². The van der Waals surface area contributed by atoms with E-state index in [9.17, 15) is 0 Å². The van der Waals surface area contributed by atoms with E-state index < -0.39 is 23.2 Å². The van der Waals surface area contributed by atoms with Crippen LogP contribution in [0.2, 0.25) is 0 Å². The van der Waals surface area contributed by atoms with Crippen molar-refractivity contribution in [2.75, 3.05) is 0 Å². The van der Waals surface area contributed by atoms with Gasteiger partial charge in [-0.3, -0.25) is 0 Å². The van der Waals surface area contributed by atoms with Gasteiger partial charge in [-0.15, -0.1) is 0 Å². The Morgan fingerprint density at radius 3 is 1.69 bits per heavy atom. The minimum absolute atomic E-state index is 0. The molecule has 0 radical (unpaired) electrons. The fourth-order valence-electron chi connectivity index (χ4n) is 3.86. The largest absolute Gasteiger partial charge is 1.00 e. The molecule has 0 saturated heterocycles. The van der Waals surface area contributed by atoms with Crippen LogP contribution >= 0.6 is 0 Å². The molecule has 0 fully saturated rings. The summed E-state index contributed by atoms with van der Waals surface area (Å²) in [5.74, 6) is 0. The Labute approximate surface area is 185 Å². The van der Waals surface area contributed by atoms with Crippen LogP contribution in [0, 0.1) is 5.41 Å². The number of halogens is 2. The van der Waals surface area contributed by atoms with Gasteiger partial charge in [0, 0.05) is 0 Å². The minimum Gasteiger partial charge on any atom is -1.00 e. The number of hydrogen-bond acceptors (Lipinski definition) is 0. The van der Waals surface area contributed by atoms with Gasteiger partial charge in [-0.05, 0) is 0 Å². The van der Waals surface area contributed by atoms with Crippen LogP contribution in [0.1, 0.15) is 87.3 Å². The summed E-state index contributed by atoms with van der Waals surface area (Å²) in [6, 6.07) is 0. The zero-order valence-corrected chi connectivity index (χ0v) is 22.3. The fraction of sp³-hybridized carbons (Fsp3) is 0.636. The minimum atomic E-state index is -0.858. The predicted molar refractivity (Wildman–Crippen MR) is 103 cm³/mol. The van der Waals surface area contributed by atoms with E-state index in [-0.39, 0.29) is 41.1 Å². The molecule has 1 aliphatic carbocycles. The van der Waals surface area contributed by atoms with Gasteiger partial charge in [0.25, 0.3) is 0 Å². The van der Waals surface area contributed by atoms with Gasteiger partial charge in [0.05, 0.1) is 0 Å². The van der Waals surface area contributed by atoms with Gasteiger partial charge in [-0.25, -0.2) is 0 Å². The molecule has 4 heteroatoms. The average Bonchev–Trinajstić information content (AvgIpc) is 2.90. The molecule has 1 aliphatic rings. The molecule has 2 rings (SSSR count). The van der Waals surface area contributed by atoms with Crippen LogP contribution < -0.4 is 28.2 Å². The summed E-state index contributed by atoms with van der Waals surface area (Å²) in [5, 5.41) is 0. The summed E-state index contributed by atoms with van der Waals surface area (Å²) in [6.07, 6.45) is 2.29. The van der Waals surface area contributed by atoms with Crippen molar-refractivity contribution in [2.24, 2.45) is 5.41 Å². The first-order valence-electron chi connectivity index (χ1n) is 9.08. The molecule has 0 aliphatic heterocycles. The van der Waals surface area contributed by atoms with Gasteiger partial charge < -0.3 is 24.8 Å². The van der Waals surface area contributed by atoms with Crippen LogP contribution in [0.15, 0.2) is 26.2 Å². The Kier molecular flexibility index (Phi) is 8.37. The van der Waals surface area contributed by atoms with Crippen molar-refractivity contribution in [1.29, 1.82) is 0 Å². The van der Waals surface area contributed by atoms with Crippen molar-refractivity contribution in [3.8, 4) is 0 Å². The zero-order valence-electron chi connectivity index (χ0n) is 18.3. The third kappa shape index (κ3) is 4.61. The topological polar surface area (TPSA) is 15.8 Å².